The third-order valence-electron chi connectivity index (χ3n) is 14.5. The summed E-state index contributed by atoms with van der Waals surface area (Å²) in [5.41, 5.74) is 1.48. The summed E-state index contributed by atoms with van der Waals surface area (Å²) >= 11 is 0. The van der Waals surface area contributed by atoms with Gasteiger partial charge in [0.05, 0.1) is 23.9 Å². The number of aliphatic hydroxyl groups is 2. The van der Waals surface area contributed by atoms with Crippen molar-refractivity contribution in [3.05, 3.63) is 36.5 Å². The molecule has 2 bridgehead atoms. The summed E-state index contributed by atoms with van der Waals surface area (Å²) in [4.78, 5) is 0. The molecule has 14 atom stereocenters. The highest BCUT2D eigenvalue weighted by Crippen LogP contribution is 2.86. The summed E-state index contributed by atoms with van der Waals surface area (Å²) in [6.45, 7) is 18.2. The number of hydrogen-bond donors (Lipinski definition) is 2. The first-order chi connectivity index (χ1) is 19.3. The van der Waals surface area contributed by atoms with Crippen LogP contribution in [0.15, 0.2) is 36.5 Å². The fraction of sp³-hybridized carbons (Fsp3) is 0.838. The van der Waals surface area contributed by atoms with Gasteiger partial charge in [0.25, 0.3) is 0 Å². The van der Waals surface area contributed by atoms with Gasteiger partial charge in [-0.2, -0.15) is 0 Å². The van der Waals surface area contributed by atoms with Gasteiger partial charge < -0.3 is 19.7 Å². The fourth-order valence-corrected chi connectivity index (χ4v) is 12.3. The van der Waals surface area contributed by atoms with Gasteiger partial charge in [0.15, 0.2) is 0 Å². The minimum absolute atomic E-state index is 0.0157. The molecule has 8 rings (SSSR count). The van der Waals surface area contributed by atoms with Crippen molar-refractivity contribution in [1.82, 2.24) is 0 Å². The SMILES string of the molecule is C=C(C)/C=C/CC(C)C1CCC2C3C=CC45OC6(CC36CCC12C)C4CCC(OC1CC(C)CC(O)C1O)C5(C)C. The molecule has 0 aromatic carbocycles. The van der Waals surface area contributed by atoms with Crippen LogP contribution in [0.25, 0.3) is 0 Å². The van der Waals surface area contributed by atoms with Crippen LogP contribution in [0, 0.1) is 51.8 Å². The molecule has 4 nitrogen and oxygen atoms in total. The molecule has 0 amide bonds. The largest absolute Gasteiger partial charge is 0.390 e. The number of rotatable bonds is 6. The standard InChI is InChI=1S/C37H56O4/c1-22(2)9-8-10-24(4)25-11-12-26-27-15-16-36-30(37(41-36)21-35(27,37)18-17-34(25,26)7)13-14-31(33(36,5)6)40-29-20-23(3)19-28(38)32(29)39/h8-9,15-16,23-32,38-39H,1,10-14,17-21H2,2-7H3/b9-8+. The Bertz CT molecular complexity index is 1140. The predicted octanol–water partition coefficient (Wildman–Crippen LogP) is 7.40. The van der Waals surface area contributed by atoms with Gasteiger partial charge in [0, 0.05) is 16.7 Å². The highest BCUT2D eigenvalue weighted by molar-refractivity contribution is 5.43. The summed E-state index contributed by atoms with van der Waals surface area (Å²) < 4.78 is 14.1. The quantitative estimate of drug-likeness (QED) is 0.261. The Balaban J connectivity index is 1.14. The Morgan fingerprint density at radius 1 is 1.12 bits per heavy atom. The third kappa shape index (κ3) is 3.72. The van der Waals surface area contributed by atoms with Crippen molar-refractivity contribution in [3.63, 3.8) is 0 Å². The second-order valence-corrected chi connectivity index (χ2v) is 16.9. The van der Waals surface area contributed by atoms with Gasteiger partial charge in [-0.1, -0.05) is 71.1 Å². The van der Waals surface area contributed by atoms with Crippen LogP contribution in [-0.2, 0) is 9.47 Å². The van der Waals surface area contributed by atoms with Crippen molar-refractivity contribution in [3.8, 4) is 0 Å². The molecule has 4 heteroatoms. The molecule has 2 aliphatic heterocycles. The maximum Gasteiger partial charge on any atom is 0.106 e. The van der Waals surface area contributed by atoms with Crippen molar-refractivity contribution in [2.45, 2.75) is 141 Å². The van der Waals surface area contributed by atoms with Gasteiger partial charge >= 0.3 is 0 Å². The molecule has 0 radical (unpaired) electrons. The third-order valence-corrected chi connectivity index (χ3v) is 14.5. The first kappa shape index (κ1) is 28.8. The lowest BCUT2D eigenvalue weighted by Crippen LogP contribution is -2.74. The van der Waals surface area contributed by atoms with Crippen LogP contribution in [-0.4, -0.2) is 45.8 Å². The van der Waals surface area contributed by atoms with Crippen LogP contribution in [0.1, 0.15) is 106 Å². The molecule has 3 spiro atoms. The van der Waals surface area contributed by atoms with E-state index in [1.165, 1.54) is 32.1 Å². The molecule has 2 N–H and O–H groups in total. The van der Waals surface area contributed by atoms with Gasteiger partial charge in [0.2, 0.25) is 0 Å². The van der Waals surface area contributed by atoms with Crippen LogP contribution in [0.5, 0.6) is 0 Å². The second-order valence-electron chi connectivity index (χ2n) is 16.9. The van der Waals surface area contributed by atoms with E-state index in [0.29, 0.717) is 40.9 Å². The predicted molar refractivity (Wildman–Crippen MR) is 163 cm³/mol. The topological polar surface area (TPSA) is 58.9 Å². The van der Waals surface area contributed by atoms with E-state index in [1.54, 1.807) is 0 Å². The summed E-state index contributed by atoms with van der Waals surface area (Å²) in [7, 11) is 0. The van der Waals surface area contributed by atoms with Crippen LogP contribution in [0.2, 0.25) is 0 Å². The van der Waals surface area contributed by atoms with Gasteiger partial charge in [-0.05, 0) is 106 Å². The average Bonchev–Trinajstić information content (AvgIpc) is 3.48. The van der Waals surface area contributed by atoms with Gasteiger partial charge in [-0.3, -0.25) is 0 Å². The van der Waals surface area contributed by atoms with E-state index in [9.17, 15) is 10.2 Å². The zero-order chi connectivity index (χ0) is 29.2. The average molecular weight is 565 g/mol. The number of ether oxygens (including phenoxy) is 2. The molecule has 228 valence electrons. The lowest BCUT2D eigenvalue weighted by atomic mass is 9.51. The minimum Gasteiger partial charge on any atom is -0.390 e. The fourth-order valence-electron chi connectivity index (χ4n) is 12.3. The number of fused-ring (bicyclic) bond motifs is 1. The van der Waals surface area contributed by atoms with Crippen LogP contribution in [0.4, 0.5) is 0 Å². The number of hydrogen-bond acceptors (Lipinski definition) is 4. The first-order valence-corrected chi connectivity index (χ1v) is 17.0. The molecular weight excluding hydrogens is 508 g/mol. The minimum atomic E-state index is -0.795. The molecule has 41 heavy (non-hydrogen) atoms. The van der Waals surface area contributed by atoms with Crippen molar-refractivity contribution in [1.29, 1.82) is 0 Å². The molecule has 0 aromatic heterocycles. The van der Waals surface area contributed by atoms with Crippen molar-refractivity contribution >= 4 is 0 Å². The van der Waals surface area contributed by atoms with E-state index >= 15 is 0 Å². The number of allylic oxidation sites excluding steroid dienone is 4. The van der Waals surface area contributed by atoms with E-state index in [4.69, 9.17) is 9.47 Å². The van der Waals surface area contributed by atoms with Gasteiger partial charge in [-0.15, -0.1) is 0 Å². The van der Waals surface area contributed by atoms with Crippen molar-refractivity contribution < 1.29 is 19.7 Å². The smallest absolute Gasteiger partial charge is 0.106 e. The van der Waals surface area contributed by atoms with Gasteiger partial charge in [0.1, 0.15) is 11.7 Å². The lowest BCUT2D eigenvalue weighted by molar-refractivity contribution is -0.351. The molecule has 6 aliphatic carbocycles. The summed E-state index contributed by atoms with van der Waals surface area (Å²) in [5, 5.41) is 21.3. The zero-order valence-corrected chi connectivity index (χ0v) is 26.6. The van der Waals surface area contributed by atoms with Crippen molar-refractivity contribution in [2.75, 3.05) is 0 Å². The molecule has 1 saturated heterocycles. The lowest BCUT2D eigenvalue weighted by Gasteiger charge is -2.67. The highest BCUT2D eigenvalue weighted by Gasteiger charge is 2.89. The Kier molecular flexibility index (Phi) is 6.52. The van der Waals surface area contributed by atoms with Crippen LogP contribution >= 0.6 is 0 Å². The Morgan fingerprint density at radius 3 is 2.66 bits per heavy atom. The van der Waals surface area contributed by atoms with E-state index in [-0.39, 0.29) is 28.8 Å². The molecular formula is C37H56O4. The Morgan fingerprint density at radius 2 is 1.90 bits per heavy atom. The van der Waals surface area contributed by atoms with E-state index in [2.05, 4.69) is 72.4 Å². The van der Waals surface area contributed by atoms with E-state index in [1.807, 2.05) is 0 Å². The van der Waals surface area contributed by atoms with Gasteiger partial charge in [-0.25, -0.2) is 0 Å². The van der Waals surface area contributed by atoms with E-state index in [0.717, 1.165) is 43.1 Å². The molecule has 2 heterocycles. The molecule has 0 aromatic rings. The number of aliphatic hydroxyl groups excluding tert-OH is 2. The van der Waals surface area contributed by atoms with E-state index < -0.39 is 12.2 Å². The Hall–Kier alpha value is -0.940. The Labute approximate surface area is 249 Å². The molecule has 14 unspecified atom stereocenters. The van der Waals surface area contributed by atoms with Crippen LogP contribution in [0.3, 0.4) is 0 Å². The first-order valence-electron chi connectivity index (χ1n) is 17.0. The summed E-state index contributed by atoms with van der Waals surface area (Å²) in [6.07, 6.45) is 19.4. The summed E-state index contributed by atoms with van der Waals surface area (Å²) in [5.74, 6) is 3.80. The second kappa shape index (κ2) is 9.29. The van der Waals surface area contributed by atoms with Crippen LogP contribution < -0.4 is 0 Å². The highest BCUT2D eigenvalue weighted by atomic mass is 16.6. The molecule has 5 saturated carbocycles. The zero-order valence-electron chi connectivity index (χ0n) is 26.6. The molecule has 6 fully saturated rings. The monoisotopic (exact) mass is 564 g/mol. The summed E-state index contributed by atoms with van der Waals surface area (Å²) in [6, 6.07) is 0. The maximum absolute atomic E-state index is 10.8. The van der Waals surface area contributed by atoms with Crippen molar-refractivity contribution in [2.24, 2.45) is 51.8 Å². The molecule has 8 aliphatic rings. The normalized spacial score (nSPS) is 55.2. The maximum atomic E-state index is 10.8.